The summed E-state index contributed by atoms with van der Waals surface area (Å²) >= 11 is 0. The van der Waals surface area contributed by atoms with E-state index in [2.05, 4.69) is 26.4 Å². The Bertz CT molecular complexity index is 730. The molecular weight excluding hydrogens is 467 g/mol. The standard InChI is InChI=1S/C19H23F2N3O2.HI/c1-22-19(23-11-14-6-5-7-15(10-14)13-25-2)24-12-16-8-3-4-9-17(16)26-18(20)21;/h3-10,18H,11-13H2,1-2H3,(H2,22,23,24);1H. The van der Waals surface area contributed by atoms with Gasteiger partial charge in [-0.05, 0) is 17.2 Å². The number of halogens is 3. The molecule has 0 atom stereocenters. The molecule has 0 unspecified atom stereocenters. The summed E-state index contributed by atoms with van der Waals surface area (Å²) in [4.78, 5) is 4.15. The Balaban J connectivity index is 0.00000364. The molecule has 0 radical (unpaired) electrons. The van der Waals surface area contributed by atoms with Gasteiger partial charge < -0.3 is 20.1 Å². The van der Waals surface area contributed by atoms with Gasteiger partial charge in [-0.15, -0.1) is 24.0 Å². The lowest BCUT2D eigenvalue weighted by molar-refractivity contribution is -0.0504. The number of benzene rings is 2. The number of hydrogen-bond donors (Lipinski definition) is 2. The van der Waals surface area contributed by atoms with E-state index in [-0.39, 0.29) is 29.7 Å². The first-order valence-electron chi connectivity index (χ1n) is 8.16. The maximum Gasteiger partial charge on any atom is 0.387 e. The van der Waals surface area contributed by atoms with Crippen LogP contribution >= 0.6 is 24.0 Å². The molecule has 0 aromatic heterocycles. The quantitative estimate of drug-likeness (QED) is 0.334. The molecule has 2 N–H and O–H groups in total. The van der Waals surface area contributed by atoms with E-state index in [1.165, 1.54) is 6.07 Å². The SMILES string of the molecule is CN=C(NCc1cccc(COC)c1)NCc1ccccc1OC(F)F.I. The van der Waals surface area contributed by atoms with Crippen LogP contribution in [0.5, 0.6) is 5.75 Å². The number of guanidine groups is 1. The minimum atomic E-state index is -2.85. The second-order valence-electron chi connectivity index (χ2n) is 5.52. The number of nitrogens with one attached hydrogen (secondary N) is 2. The minimum Gasteiger partial charge on any atom is -0.434 e. The Morgan fingerprint density at radius 2 is 1.74 bits per heavy atom. The van der Waals surface area contributed by atoms with Gasteiger partial charge in [0.1, 0.15) is 5.75 Å². The van der Waals surface area contributed by atoms with E-state index >= 15 is 0 Å². The Morgan fingerprint density at radius 3 is 2.44 bits per heavy atom. The Kier molecular flexibility index (Phi) is 10.6. The topological polar surface area (TPSA) is 54.9 Å². The zero-order valence-electron chi connectivity index (χ0n) is 15.2. The summed E-state index contributed by atoms with van der Waals surface area (Å²) in [6.45, 7) is -1.41. The van der Waals surface area contributed by atoms with Crippen LogP contribution in [0.3, 0.4) is 0 Å². The monoisotopic (exact) mass is 491 g/mol. The van der Waals surface area contributed by atoms with E-state index in [1.54, 1.807) is 32.4 Å². The third-order valence-electron chi connectivity index (χ3n) is 3.62. The predicted molar refractivity (Wildman–Crippen MR) is 113 cm³/mol. The average molecular weight is 491 g/mol. The molecule has 2 aromatic rings. The van der Waals surface area contributed by atoms with Crippen LogP contribution in [0.1, 0.15) is 16.7 Å². The molecule has 0 saturated heterocycles. The van der Waals surface area contributed by atoms with Crippen molar-refractivity contribution in [1.29, 1.82) is 0 Å². The van der Waals surface area contributed by atoms with Crippen LogP contribution in [0.4, 0.5) is 8.78 Å². The van der Waals surface area contributed by atoms with Gasteiger partial charge in [0.2, 0.25) is 0 Å². The molecule has 5 nitrogen and oxygen atoms in total. The molecule has 0 spiro atoms. The Labute approximate surface area is 175 Å². The second kappa shape index (κ2) is 12.4. The van der Waals surface area contributed by atoms with Gasteiger partial charge in [-0.3, -0.25) is 4.99 Å². The molecule has 0 bridgehead atoms. The van der Waals surface area contributed by atoms with E-state index in [1.807, 2.05) is 18.2 Å². The molecule has 8 heteroatoms. The highest BCUT2D eigenvalue weighted by molar-refractivity contribution is 14.0. The van der Waals surface area contributed by atoms with Crippen LogP contribution in [0.15, 0.2) is 53.5 Å². The van der Waals surface area contributed by atoms with Crippen molar-refractivity contribution in [3.05, 3.63) is 65.2 Å². The van der Waals surface area contributed by atoms with Crippen molar-refractivity contribution >= 4 is 29.9 Å². The molecule has 148 valence electrons. The summed E-state index contributed by atoms with van der Waals surface area (Å²) in [6, 6.07) is 14.7. The Hall–Kier alpha value is -1.94. The highest BCUT2D eigenvalue weighted by atomic mass is 127. The van der Waals surface area contributed by atoms with E-state index in [4.69, 9.17) is 4.74 Å². The largest absolute Gasteiger partial charge is 0.434 e. The number of para-hydroxylation sites is 1. The summed E-state index contributed by atoms with van der Waals surface area (Å²) in [6.07, 6.45) is 0. The highest BCUT2D eigenvalue weighted by Crippen LogP contribution is 2.19. The molecule has 0 fully saturated rings. The molecule has 0 aliphatic carbocycles. The van der Waals surface area contributed by atoms with Crippen molar-refractivity contribution in [1.82, 2.24) is 10.6 Å². The van der Waals surface area contributed by atoms with Gasteiger partial charge >= 0.3 is 6.61 Å². The summed E-state index contributed by atoms with van der Waals surface area (Å²) in [5.41, 5.74) is 2.80. The van der Waals surface area contributed by atoms with Gasteiger partial charge in [0, 0.05) is 32.8 Å². The zero-order valence-corrected chi connectivity index (χ0v) is 17.6. The van der Waals surface area contributed by atoms with Crippen molar-refractivity contribution in [2.24, 2.45) is 4.99 Å². The van der Waals surface area contributed by atoms with Crippen LogP contribution in [0.2, 0.25) is 0 Å². The van der Waals surface area contributed by atoms with E-state index in [9.17, 15) is 8.78 Å². The average Bonchev–Trinajstić information content (AvgIpc) is 2.63. The smallest absolute Gasteiger partial charge is 0.387 e. The fraction of sp³-hybridized carbons (Fsp3) is 0.316. The maximum absolute atomic E-state index is 12.5. The lowest BCUT2D eigenvalue weighted by atomic mass is 10.1. The first-order chi connectivity index (χ1) is 12.6. The van der Waals surface area contributed by atoms with Gasteiger partial charge in [-0.25, -0.2) is 0 Å². The van der Waals surface area contributed by atoms with Crippen molar-refractivity contribution in [2.45, 2.75) is 26.3 Å². The minimum absolute atomic E-state index is 0. The van der Waals surface area contributed by atoms with Crippen LogP contribution in [0.25, 0.3) is 0 Å². The highest BCUT2D eigenvalue weighted by Gasteiger charge is 2.09. The summed E-state index contributed by atoms with van der Waals surface area (Å²) < 4.78 is 34.6. The molecule has 2 rings (SSSR count). The number of hydrogen-bond acceptors (Lipinski definition) is 3. The van der Waals surface area contributed by atoms with Gasteiger partial charge in [-0.1, -0.05) is 42.5 Å². The maximum atomic E-state index is 12.5. The second-order valence-corrected chi connectivity index (χ2v) is 5.52. The fourth-order valence-corrected chi connectivity index (χ4v) is 2.44. The number of aliphatic imine (C=N–C) groups is 1. The van der Waals surface area contributed by atoms with Gasteiger partial charge in [-0.2, -0.15) is 8.78 Å². The van der Waals surface area contributed by atoms with Gasteiger partial charge in [0.15, 0.2) is 5.96 Å². The zero-order chi connectivity index (χ0) is 18.8. The van der Waals surface area contributed by atoms with E-state index < -0.39 is 6.61 Å². The van der Waals surface area contributed by atoms with Crippen molar-refractivity contribution in [2.75, 3.05) is 14.2 Å². The third-order valence-corrected chi connectivity index (χ3v) is 3.62. The molecule has 2 aromatic carbocycles. The summed E-state index contributed by atoms with van der Waals surface area (Å²) in [7, 11) is 3.31. The summed E-state index contributed by atoms with van der Waals surface area (Å²) in [5.74, 6) is 0.715. The molecule has 0 heterocycles. The normalized spacial score (nSPS) is 11.1. The predicted octanol–water partition coefficient (Wildman–Crippen LogP) is 3.92. The van der Waals surface area contributed by atoms with Crippen molar-refractivity contribution in [3.63, 3.8) is 0 Å². The lowest BCUT2D eigenvalue weighted by Crippen LogP contribution is -2.36. The Morgan fingerprint density at radius 1 is 1.04 bits per heavy atom. The third kappa shape index (κ3) is 8.08. The van der Waals surface area contributed by atoms with E-state index in [0.717, 1.165) is 11.1 Å². The molecule has 0 saturated carbocycles. The van der Waals surface area contributed by atoms with Crippen LogP contribution in [-0.4, -0.2) is 26.7 Å². The molecule has 0 aliphatic heterocycles. The number of ether oxygens (including phenoxy) is 2. The number of rotatable bonds is 8. The van der Waals surface area contributed by atoms with E-state index in [0.29, 0.717) is 31.2 Å². The first kappa shape index (κ1) is 23.1. The van der Waals surface area contributed by atoms with Crippen LogP contribution < -0.4 is 15.4 Å². The van der Waals surface area contributed by atoms with Crippen molar-refractivity contribution in [3.8, 4) is 5.75 Å². The molecule has 0 aliphatic rings. The summed E-state index contributed by atoms with van der Waals surface area (Å²) in [5, 5.41) is 6.29. The fourth-order valence-electron chi connectivity index (χ4n) is 2.44. The number of nitrogens with zero attached hydrogens (tertiary/aromatic N) is 1. The molecule has 0 amide bonds. The lowest BCUT2D eigenvalue weighted by Gasteiger charge is -2.15. The number of alkyl halides is 2. The van der Waals surface area contributed by atoms with Crippen molar-refractivity contribution < 1.29 is 18.3 Å². The number of methoxy groups -OCH3 is 1. The first-order valence-corrected chi connectivity index (χ1v) is 8.16. The van der Waals surface area contributed by atoms with Crippen LogP contribution in [0, 0.1) is 0 Å². The molecule has 27 heavy (non-hydrogen) atoms. The molecular formula is C19H24F2IN3O2. The van der Waals surface area contributed by atoms with Gasteiger partial charge in [0.05, 0.1) is 6.61 Å². The van der Waals surface area contributed by atoms with Gasteiger partial charge in [0.25, 0.3) is 0 Å². The van der Waals surface area contributed by atoms with Crippen LogP contribution in [-0.2, 0) is 24.4 Å².